The molecule has 0 spiro atoms. The van der Waals surface area contributed by atoms with Crippen LogP contribution in [0.2, 0.25) is 0 Å². The van der Waals surface area contributed by atoms with E-state index in [9.17, 15) is 23.8 Å². The predicted molar refractivity (Wildman–Crippen MR) is 220 cm³/mol. The molecule has 1 saturated heterocycles. The number of amides is 1. The lowest BCUT2D eigenvalue weighted by atomic mass is 9.94. The SMILES string of the molecule is COc1ccc2c(O[C@@H]3C[C@H]4C(=O)C[C@]5(P(=O)(O)Cc6ccco6)C[C@H]5/C=C\CCCCC[C@H](CC(=O)OC5CCCC5)C(=O)N4C3)cc(-c3ccccc3)nc2c1. The van der Waals surface area contributed by atoms with Crippen molar-refractivity contribution >= 4 is 35.9 Å². The lowest BCUT2D eigenvalue weighted by Crippen LogP contribution is -2.45. The van der Waals surface area contributed by atoms with E-state index in [1.807, 2.05) is 60.7 Å². The fourth-order valence-corrected chi connectivity index (χ4v) is 11.7. The number of allylic oxidation sites excluding steroid dienone is 2. The molecular formula is C46H53N2O9P. The molecule has 11 nitrogen and oxygen atoms in total. The van der Waals surface area contributed by atoms with Crippen LogP contribution < -0.4 is 9.47 Å². The molecule has 1 amide bonds. The van der Waals surface area contributed by atoms with Gasteiger partial charge in [0.05, 0.1) is 54.9 Å². The first-order valence-corrected chi connectivity index (χ1v) is 22.7. The quantitative estimate of drug-likeness (QED) is 0.0936. The summed E-state index contributed by atoms with van der Waals surface area (Å²) in [6.07, 6.45) is 12.5. The van der Waals surface area contributed by atoms with E-state index in [4.69, 9.17) is 23.6 Å². The lowest BCUT2D eigenvalue weighted by Gasteiger charge is -2.30. The summed E-state index contributed by atoms with van der Waals surface area (Å²) in [5, 5.41) is -0.419. The topological polar surface area (TPSA) is 145 Å². The number of furan rings is 1. The summed E-state index contributed by atoms with van der Waals surface area (Å²) in [7, 11) is -2.38. The Morgan fingerprint density at radius 3 is 2.57 bits per heavy atom. The average Bonchev–Trinajstić information content (AvgIpc) is 3.68. The Hall–Kier alpha value is -4.73. The molecule has 0 bridgehead atoms. The van der Waals surface area contributed by atoms with E-state index in [1.54, 1.807) is 24.1 Å². The number of pyridine rings is 1. The number of rotatable bonds is 10. The van der Waals surface area contributed by atoms with Gasteiger partial charge in [0.25, 0.3) is 0 Å². The van der Waals surface area contributed by atoms with Crippen molar-refractivity contribution in [3.63, 3.8) is 0 Å². The summed E-state index contributed by atoms with van der Waals surface area (Å²) in [6.45, 7) is 0.115. The number of nitrogens with zero attached hydrogens (tertiary/aromatic N) is 2. The number of esters is 1. The Labute approximate surface area is 339 Å². The van der Waals surface area contributed by atoms with Gasteiger partial charge in [-0.2, -0.15) is 0 Å². The molecule has 8 rings (SSSR count). The number of fused-ring (bicyclic) bond motifs is 3. The Kier molecular flexibility index (Phi) is 11.9. The van der Waals surface area contributed by atoms with E-state index >= 15 is 0 Å². The molecule has 4 aromatic rings. The molecular weight excluding hydrogens is 755 g/mol. The number of ether oxygens (including phenoxy) is 3. The number of carbonyl (C=O) groups is 3. The van der Waals surface area contributed by atoms with Gasteiger partial charge in [-0.05, 0) is 81.5 Å². The number of ketones is 1. The predicted octanol–water partition coefficient (Wildman–Crippen LogP) is 9.05. The number of methoxy groups -OCH3 is 1. The third-order valence-corrected chi connectivity index (χ3v) is 15.4. The van der Waals surface area contributed by atoms with Crippen LogP contribution in [0.25, 0.3) is 22.2 Å². The molecule has 12 heteroatoms. The maximum atomic E-state index is 14.8. The first-order valence-electron chi connectivity index (χ1n) is 20.9. The third kappa shape index (κ3) is 8.67. The summed E-state index contributed by atoms with van der Waals surface area (Å²) in [5.74, 6) is -0.266. The van der Waals surface area contributed by atoms with Crippen molar-refractivity contribution in [3.05, 3.63) is 90.9 Å². The molecule has 2 aliphatic heterocycles. The molecule has 2 saturated carbocycles. The van der Waals surface area contributed by atoms with Gasteiger partial charge in [0, 0.05) is 41.8 Å². The lowest BCUT2D eigenvalue weighted by molar-refractivity contribution is -0.154. The van der Waals surface area contributed by atoms with Crippen molar-refractivity contribution in [3.8, 4) is 22.8 Å². The Bertz CT molecular complexity index is 2180. The second kappa shape index (κ2) is 17.2. The van der Waals surface area contributed by atoms with Gasteiger partial charge in [-0.15, -0.1) is 0 Å². The summed E-state index contributed by atoms with van der Waals surface area (Å²) >= 11 is 0. The zero-order valence-electron chi connectivity index (χ0n) is 33.1. The fourth-order valence-electron chi connectivity index (χ4n) is 9.34. The number of carbonyl (C=O) groups excluding carboxylic acids is 3. The highest BCUT2D eigenvalue weighted by Crippen LogP contribution is 2.74. The number of benzene rings is 2. The number of Topliss-reactive ketones (excluding diaryl/α,β-unsaturated/α-hetero) is 1. The van der Waals surface area contributed by atoms with Gasteiger partial charge in [0.15, 0.2) is 5.78 Å². The van der Waals surface area contributed by atoms with Crippen LogP contribution in [0.15, 0.2) is 89.6 Å². The normalized spacial score (nSPS) is 27.2. The van der Waals surface area contributed by atoms with E-state index in [1.165, 1.54) is 6.26 Å². The second-order valence-corrected chi connectivity index (χ2v) is 19.2. The van der Waals surface area contributed by atoms with Crippen molar-refractivity contribution in [2.45, 2.75) is 113 Å². The van der Waals surface area contributed by atoms with Gasteiger partial charge >= 0.3 is 5.97 Å². The summed E-state index contributed by atoms with van der Waals surface area (Å²) in [5.41, 5.74) is 2.26. The Balaban J connectivity index is 1.13. The zero-order chi connectivity index (χ0) is 40.3. The van der Waals surface area contributed by atoms with Crippen LogP contribution in [-0.4, -0.2) is 69.5 Å². The smallest absolute Gasteiger partial charge is 0.306 e. The highest BCUT2D eigenvalue weighted by molar-refractivity contribution is 7.59. The van der Waals surface area contributed by atoms with Gasteiger partial charge in [-0.3, -0.25) is 18.9 Å². The van der Waals surface area contributed by atoms with Gasteiger partial charge in [-0.1, -0.05) is 55.3 Å². The van der Waals surface area contributed by atoms with E-state index in [-0.39, 0.29) is 61.7 Å². The second-order valence-electron chi connectivity index (χ2n) is 16.6. The minimum absolute atomic E-state index is 0.0591. The molecule has 4 aliphatic rings. The summed E-state index contributed by atoms with van der Waals surface area (Å²) in [6, 6.07) is 19.7. The van der Waals surface area contributed by atoms with Crippen molar-refractivity contribution in [1.82, 2.24) is 9.88 Å². The van der Waals surface area contributed by atoms with E-state index < -0.39 is 30.6 Å². The van der Waals surface area contributed by atoms with Crippen LogP contribution in [-0.2, 0) is 29.8 Å². The highest BCUT2D eigenvalue weighted by atomic mass is 31.2. The molecule has 58 heavy (non-hydrogen) atoms. The molecule has 1 N–H and O–H groups in total. The van der Waals surface area contributed by atoms with Crippen molar-refractivity contribution in [1.29, 1.82) is 0 Å². The third-order valence-electron chi connectivity index (χ3n) is 12.6. The van der Waals surface area contributed by atoms with Crippen molar-refractivity contribution in [2.75, 3.05) is 13.7 Å². The number of hydrogen-bond acceptors (Lipinski definition) is 9. The average molecular weight is 809 g/mol. The van der Waals surface area contributed by atoms with E-state index in [0.29, 0.717) is 41.3 Å². The summed E-state index contributed by atoms with van der Waals surface area (Å²) in [4.78, 5) is 61.3. The molecule has 3 fully saturated rings. The summed E-state index contributed by atoms with van der Waals surface area (Å²) < 4.78 is 38.1. The number of hydrogen-bond donors (Lipinski definition) is 1. The molecule has 306 valence electrons. The molecule has 1 unspecified atom stereocenters. The molecule has 6 atom stereocenters. The van der Waals surface area contributed by atoms with Crippen LogP contribution in [0, 0.1) is 11.8 Å². The van der Waals surface area contributed by atoms with Gasteiger partial charge < -0.3 is 28.4 Å². The fraction of sp³-hybridized carbons (Fsp3) is 0.478. The first kappa shape index (κ1) is 40.1. The van der Waals surface area contributed by atoms with Crippen LogP contribution >= 0.6 is 7.37 Å². The highest BCUT2D eigenvalue weighted by Gasteiger charge is 2.65. The molecule has 2 aromatic heterocycles. The molecule has 2 aliphatic carbocycles. The maximum Gasteiger partial charge on any atom is 0.306 e. The monoisotopic (exact) mass is 808 g/mol. The van der Waals surface area contributed by atoms with Crippen LogP contribution in [0.1, 0.15) is 89.2 Å². The van der Waals surface area contributed by atoms with E-state index in [2.05, 4.69) is 6.08 Å². The largest absolute Gasteiger partial charge is 0.497 e. The maximum absolute atomic E-state index is 14.8. The van der Waals surface area contributed by atoms with Crippen LogP contribution in [0.5, 0.6) is 11.5 Å². The number of aromatic nitrogens is 1. The molecule has 0 radical (unpaired) electrons. The first-order chi connectivity index (χ1) is 28.1. The van der Waals surface area contributed by atoms with Crippen molar-refractivity contribution in [2.24, 2.45) is 11.8 Å². The molecule has 2 aromatic carbocycles. The van der Waals surface area contributed by atoms with Gasteiger partial charge in [-0.25, -0.2) is 4.98 Å². The minimum Gasteiger partial charge on any atom is -0.497 e. The van der Waals surface area contributed by atoms with Gasteiger partial charge in [0.1, 0.15) is 29.5 Å². The van der Waals surface area contributed by atoms with Crippen LogP contribution in [0.3, 0.4) is 0 Å². The van der Waals surface area contributed by atoms with Crippen molar-refractivity contribution < 1.29 is 42.5 Å². The van der Waals surface area contributed by atoms with E-state index in [0.717, 1.165) is 62.3 Å². The minimum atomic E-state index is -3.98. The van der Waals surface area contributed by atoms with Gasteiger partial charge in [0.2, 0.25) is 13.3 Å². The Morgan fingerprint density at radius 2 is 1.79 bits per heavy atom. The Morgan fingerprint density at radius 1 is 0.983 bits per heavy atom. The molecule has 4 heterocycles. The standard InChI is InChI=1S/C46H53N2O9P/c1-54-35-20-21-38-40(24-35)47-39(31-13-7-5-8-14-31)26-43(38)56-37-25-41-42(49)28-46(58(52,53)30-36-19-12-22-55-36)27-33(46)16-9-4-2-3-6-15-32(45(51)48(41)29-37)23-44(50)57-34-17-10-11-18-34/h5,7-9,12-14,16,19-22,24,26,32-34,37,41H,2-4,6,10-11,15,17-18,23,25,27-30H2,1H3,(H,52,53)/b16-9-/t32-,33-,37-,41+,46-/m1/s1. The van der Waals surface area contributed by atoms with Crippen LogP contribution in [0.4, 0.5) is 0 Å². The zero-order valence-corrected chi connectivity index (χ0v) is 34.0.